The Morgan fingerprint density at radius 3 is 2.94 bits per heavy atom. The van der Waals surface area contributed by atoms with Crippen LogP contribution in [0.3, 0.4) is 0 Å². The Labute approximate surface area is 102 Å². The summed E-state index contributed by atoms with van der Waals surface area (Å²) in [5.41, 5.74) is 3.28. The van der Waals surface area contributed by atoms with Crippen molar-refractivity contribution in [1.29, 1.82) is 0 Å². The zero-order valence-electron chi connectivity index (χ0n) is 10.4. The van der Waals surface area contributed by atoms with Crippen molar-refractivity contribution in [3.63, 3.8) is 0 Å². The van der Waals surface area contributed by atoms with Gasteiger partial charge in [0.05, 0.1) is 12.6 Å². The number of hydrogen-bond acceptors (Lipinski definition) is 2. The van der Waals surface area contributed by atoms with Crippen molar-refractivity contribution in [2.75, 3.05) is 11.4 Å². The van der Waals surface area contributed by atoms with Crippen LogP contribution in [0.15, 0.2) is 18.2 Å². The van der Waals surface area contributed by atoms with E-state index in [9.17, 15) is 9.90 Å². The summed E-state index contributed by atoms with van der Waals surface area (Å²) in [4.78, 5) is 13.7. The number of piperidine rings is 1. The molecule has 1 fully saturated rings. The second-order valence-corrected chi connectivity index (χ2v) is 4.63. The normalized spacial score (nSPS) is 20.8. The van der Waals surface area contributed by atoms with Crippen molar-refractivity contribution < 1.29 is 9.90 Å². The van der Waals surface area contributed by atoms with Gasteiger partial charge in [-0.1, -0.05) is 25.1 Å². The molecule has 0 aliphatic carbocycles. The number of para-hydroxylation sites is 1. The van der Waals surface area contributed by atoms with E-state index in [2.05, 4.69) is 13.0 Å². The number of anilines is 1. The number of amides is 1. The lowest BCUT2D eigenvalue weighted by Gasteiger charge is -2.32. The van der Waals surface area contributed by atoms with Crippen molar-refractivity contribution in [1.82, 2.24) is 0 Å². The summed E-state index contributed by atoms with van der Waals surface area (Å²) < 4.78 is 0. The quantitative estimate of drug-likeness (QED) is 0.849. The molecule has 0 spiro atoms. The minimum absolute atomic E-state index is 0.124. The van der Waals surface area contributed by atoms with E-state index in [1.165, 1.54) is 5.56 Å². The minimum atomic E-state index is -0.392. The fraction of sp³-hybridized carbons (Fsp3) is 0.500. The third kappa shape index (κ3) is 2.34. The highest BCUT2D eigenvalue weighted by atomic mass is 16.3. The number of β-amino-alcohol motifs (C(OH)–C–C–N with tert-alkyl or cyclic N) is 1. The molecule has 1 aliphatic heterocycles. The lowest BCUT2D eigenvalue weighted by atomic mass is 10.0. The van der Waals surface area contributed by atoms with E-state index < -0.39 is 6.10 Å². The van der Waals surface area contributed by atoms with E-state index in [1.807, 2.05) is 19.1 Å². The van der Waals surface area contributed by atoms with Crippen molar-refractivity contribution in [2.24, 2.45) is 0 Å². The van der Waals surface area contributed by atoms with Gasteiger partial charge >= 0.3 is 0 Å². The minimum Gasteiger partial charge on any atom is -0.391 e. The van der Waals surface area contributed by atoms with Crippen LogP contribution in [0.4, 0.5) is 5.69 Å². The number of benzene rings is 1. The van der Waals surface area contributed by atoms with Gasteiger partial charge in [-0.2, -0.15) is 0 Å². The molecule has 1 unspecified atom stereocenters. The molecule has 3 heteroatoms. The average molecular weight is 233 g/mol. The van der Waals surface area contributed by atoms with E-state index in [0.717, 1.165) is 17.7 Å². The first kappa shape index (κ1) is 12.1. The van der Waals surface area contributed by atoms with Gasteiger partial charge in [-0.25, -0.2) is 0 Å². The molecule has 0 bridgehead atoms. The molecule has 92 valence electrons. The number of nitrogens with zero attached hydrogens (tertiary/aromatic N) is 1. The predicted molar refractivity (Wildman–Crippen MR) is 68.2 cm³/mol. The third-order valence-corrected chi connectivity index (χ3v) is 3.36. The van der Waals surface area contributed by atoms with E-state index in [4.69, 9.17) is 0 Å². The third-order valence-electron chi connectivity index (χ3n) is 3.36. The topological polar surface area (TPSA) is 40.5 Å². The summed E-state index contributed by atoms with van der Waals surface area (Å²) in [6.07, 6.45) is 1.54. The second kappa shape index (κ2) is 4.88. The monoisotopic (exact) mass is 233 g/mol. The molecule has 1 atom stereocenters. The second-order valence-electron chi connectivity index (χ2n) is 4.63. The first-order valence-electron chi connectivity index (χ1n) is 6.20. The molecule has 1 heterocycles. The van der Waals surface area contributed by atoms with Gasteiger partial charge in [0.2, 0.25) is 5.91 Å². The lowest BCUT2D eigenvalue weighted by Crippen LogP contribution is -2.43. The Morgan fingerprint density at radius 1 is 1.47 bits per heavy atom. The van der Waals surface area contributed by atoms with E-state index >= 15 is 0 Å². The van der Waals surface area contributed by atoms with Crippen LogP contribution < -0.4 is 4.90 Å². The maximum atomic E-state index is 12.0. The molecule has 1 aliphatic rings. The number of carbonyl (C=O) groups excluding carboxylic acids is 1. The van der Waals surface area contributed by atoms with Crippen LogP contribution in [0.2, 0.25) is 0 Å². The molecular formula is C14H19NO2. The summed E-state index contributed by atoms with van der Waals surface area (Å²) in [5.74, 6) is 0.124. The lowest BCUT2D eigenvalue weighted by molar-refractivity contribution is -0.121. The number of aryl methyl sites for hydroxylation is 2. The SMILES string of the molecule is CCc1cccc(C)c1N1CC(O)CCC1=O. The highest BCUT2D eigenvalue weighted by Gasteiger charge is 2.27. The zero-order chi connectivity index (χ0) is 12.4. The molecule has 17 heavy (non-hydrogen) atoms. The van der Waals surface area contributed by atoms with Crippen LogP contribution >= 0.6 is 0 Å². The van der Waals surface area contributed by atoms with Gasteiger partial charge in [-0.05, 0) is 30.9 Å². The Kier molecular flexibility index (Phi) is 3.48. The van der Waals surface area contributed by atoms with Crippen LogP contribution in [0.25, 0.3) is 0 Å². The number of rotatable bonds is 2. The maximum absolute atomic E-state index is 12.0. The number of carbonyl (C=O) groups is 1. The molecule has 0 aromatic heterocycles. The van der Waals surface area contributed by atoms with Crippen LogP contribution in [0.5, 0.6) is 0 Å². The number of aliphatic hydroxyl groups is 1. The Bertz CT molecular complexity index is 428. The summed E-state index contributed by atoms with van der Waals surface area (Å²) in [7, 11) is 0. The van der Waals surface area contributed by atoms with Crippen molar-refractivity contribution >= 4 is 11.6 Å². The summed E-state index contributed by atoms with van der Waals surface area (Å²) in [6.45, 7) is 4.53. The largest absolute Gasteiger partial charge is 0.391 e. The molecular weight excluding hydrogens is 214 g/mol. The van der Waals surface area contributed by atoms with Gasteiger partial charge in [-0.3, -0.25) is 4.79 Å². The fourth-order valence-corrected chi connectivity index (χ4v) is 2.44. The molecule has 1 amide bonds. The first-order chi connectivity index (χ1) is 8.13. The molecule has 1 aromatic rings. The van der Waals surface area contributed by atoms with Crippen molar-refractivity contribution in [2.45, 2.75) is 39.2 Å². The summed E-state index contributed by atoms with van der Waals surface area (Å²) in [5, 5.41) is 9.72. The summed E-state index contributed by atoms with van der Waals surface area (Å²) in [6, 6.07) is 6.09. The fourth-order valence-electron chi connectivity index (χ4n) is 2.44. The zero-order valence-corrected chi connectivity index (χ0v) is 10.4. The highest BCUT2D eigenvalue weighted by molar-refractivity contribution is 5.95. The van der Waals surface area contributed by atoms with Gasteiger partial charge in [0.15, 0.2) is 0 Å². The molecule has 3 nitrogen and oxygen atoms in total. The van der Waals surface area contributed by atoms with E-state index in [1.54, 1.807) is 4.90 Å². The van der Waals surface area contributed by atoms with E-state index in [0.29, 0.717) is 19.4 Å². The molecule has 1 saturated heterocycles. The van der Waals surface area contributed by atoms with Crippen molar-refractivity contribution in [3.05, 3.63) is 29.3 Å². The van der Waals surface area contributed by atoms with Crippen LogP contribution in [0.1, 0.15) is 30.9 Å². The maximum Gasteiger partial charge on any atom is 0.227 e. The molecule has 1 N–H and O–H groups in total. The Hall–Kier alpha value is -1.35. The van der Waals surface area contributed by atoms with Gasteiger partial charge in [0, 0.05) is 12.1 Å². The highest BCUT2D eigenvalue weighted by Crippen LogP contribution is 2.29. The van der Waals surface area contributed by atoms with Crippen LogP contribution in [-0.2, 0) is 11.2 Å². The smallest absolute Gasteiger partial charge is 0.227 e. The van der Waals surface area contributed by atoms with Gasteiger partial charge < -0.3 is 10.0 Å². The van der Waals surface area contributed by atoms with Crippen molar-refractivity contribution in [3.8, 4) is 0 Å². The average Bonchev–Trinajstić information content (AvgIpc) is 2.32. The van der Waals surface area contributed by atoms with Gasteiger partial charge in [-0.15, -0.1) is 0 Å². The molecule has 0 radical (unpaired) electrons. The van der Waals surface area contributed by atoms with Crippen LogP contribution in [0, 0.1) is 6.92 Å². The molecule has 0 saturated carbocycles. The standard InChI is InChI=1S/C14H19NO2/c1-3-11-6-4-5-10(2)14(11)15-9-12(16)7-8-13(15)17/h4-6,12,16H,3,7-9H2,1-2H3. The van der Waals surface area contributed by atoms with Gasteiger partial charge in [0.25, 0.3) is 0 Å². The number of aliphatic hydroxyl groups excluding tert-OH is 1. The van der Waals surface area contributed by atoms with Crippen LogP contribution in [-0.4, -0.2) is 23.7 Å². The number of hydrogen-bond donors (Lipinski definition) is 1. The molecule has 1 aromatic carbocycles. The Morgan fingerprint density at radius 2 is 2.24 bits per heavy atom. The van der Waals surface area contributed by atoms with Gasteiger partial charge in [0.1, 0.15) is 0 Å². The summed E-state index contributed by atoms with van der Waals surface area (Å²) >= 11 is 0. The Balaban J connectivity index is 2.41. The predicted octanol–water partition coefficient (Wildman–Crippen LogP) is 2.05. The van der Waals surface area contributed by atoms with E-state index in [-0.39, 0.29) is 5.91 Å². The molecule has 2 rings (SSSR count). The first-order valence-corrected chi connectivity index (χ1v) is 6.20.